The summed E-state index contributed by atoms with van der Waals surface area (Å²) in [5.41, 5.74) is 4.79. The normalized spacial score (nSPS) is 20.9. The van der Waals surface area contributed by atoms with Gasteiger partial charge in [0.2, 0.25) is 0 Å². The number of rotatable bonds is 10. The molecule has 10 heteroatoms. The van der Waals surface area contributed by atoms with Crippen molar-refractivity contribution in [3.05, 3.63) is 69.5 Å². The van der Waals surface area contributed by atoms with E-state index in [4.69, 9.17) is 4.74 Å². The van der Waals surface area contributed by atoms with Gasteiger partial charge in [-0.15, -0.1) is 5.10 Å². The maximum Gasteiger partial charge on any atom is 0.338 e. The van der Waals surface area contributed by atoms with Gasteiger partial charge in [-0.05, 0) is 74.6 Å². The van der Waals surface area contributed by atoms with Crippen molar-refractivity contribution in [2.45, 2.75) is 90.7 Å². The average molecular weight is 566 g/mol. The highest BCUT2D eigenvalue weighted by molar-refractivity contribution is 7.82. The lowest BCUT2D eigenvalue weighted by Gasteiger charge is -2.41. The van der Waals surface area contributed by atoms with E-state index in [-0.39, 0.29) is 23.7 Å². The Bertz CT molecular complexity index is 1480. The minimum Gasteiger partial charge on any atom is -0.512 e. The van der Waals surface area contributed by atoms with Crippen LogP contribution in [0, 0.1) is 19.8 Å². The van der Waals surface area contributed by atoms with Gasteiger partial charge < -0.3 is 9.84 Å². The van der Waals surface area contributed by atoms with Crippen molar-refractivity contribution >= 4 is 22.7 Å². The number of cyclic esters (lactones) is 1. The molecule has 0 bridgehead atoms. The molecule has 1 aromatic carbocycles. The van der Waals surface area contributed by atoms with Crippen molar-refractivity contribution in [3.63, 3.8) is 0 Å². The second-order valence-electron chi connectivity index (χ2n) is 11.2. The Morgan fingerprint density at radius 2 is 1.95 bits per heavy atom. The van der Waals surface area contributed by atoms with Crippen LogP contribution in [-0.4, -0.2) is 46.7 Å². The van der Waals surface area contributed by atoms with Crippen molar-refractivity contribution in [1.82, 2.24) is 24.3 Å². The molecule has 3 aromatic rings. The maximum absolute atomic E-state index is 13.5. The lowest BCUT2D eigenvalue weighted by molar-refractivity contribution is -0.167. The van der Waals surface area contributed by atoms with Crippen molar-refractivity contribution in [2.24, 2.45) is 5.92 Å². The second kappa shape index (κ2) is 11.8. The second-order valence-corrected chi connectivity index (χ2v) is 12.4. The first-order valence-electron chi connectivity index (χ1n) is 14.2. The number of benzene rings is 1. The molecule has 0 saturated heterocycles. The Kier molecular flexibility index (Phi) is 8.37. The highest BCUT2D eigenvalue weighted by atomic mass is 32.2. The van der Waals surface area contributed by atoms with E-state index in [1.165, 1.54) is 11.1 Å². The van der Waals surface area contributed by atoms with E-state index in [0.29, 0.717) is 31.0 Å². The van der Waals surface area contributed by atoms with Crippen LogP contribution >= 0.6 is 0 Å². The summed E-state index contributed by atoms with van der Waals surface area (Å²) in [7, 11) is -1.06. The molecule has 2 aromatic heterocycles. The predicted octanol–water partition coefficient (Wildman–Crippen LogP) is 4.55. The zero-order valence-corrected chi connectivity index (χ0v) is 24.6. The Morgan fingerprint density at radius 3 is 2.65 bits per heavy atom. The molecule has 2 atom stereocenters. The molecule has 1 fully saturated rings. The summed E-state index contributed by atoms with van der Waals surface area (Å²) in [6.45, 7) is 6.52. The van der Waals surface area contributed by atoms with E-state index in [2.05, 4.69) is 44.9 Å². The average Bonchev–Trinajstić information content (AvgIpc) is 3.59. The number of fused-ring (bicyclic) bond motifs is 1. The van der Waals surface area contributed by atoms with E-state index in [0.717, 1.165) is 55.5 Å². The Morgan fingerprint density at radius 1 is 1.18 bits per heavy atom. The van der Waals surface area contributed by atoms with Crippen LogP contribution in [-0.2, 0) is 46.3 Å². The van der Waals surface area contributed by atoms with Gasteiger partial charge in [-0.25, -0.2) is 23.2 Å². The minimum atomic E-state index is -1.06. The molecular weight excluding hydrogens is 526 g/mol. The Hall–Kier alpha value is -3.11. The standard InChI is InChI=1S/C30H39N5O4S/c1-5-22-15-21(10-11-23(22)18-31-40(4)38)12-13-30(24-8-6-7-9-24)17-26(36)25(28(37)39-30)16-27-33-29-32-19(2)14-20(3)35(29)34-27/h10-11,14-15,24,31,36H,5-9,12-13,16-18H2,1-4H3. The lowest BCUT2D eigenvalue weighted by atomic mass is 9.76. The van der Waals surface area contributed by atoms with E-state index >= 15 is 0 Å². The number of nitrogens with one attached hydrogen (secondary N) is 1. The SMILES string of the molecule is CCc1cc(CCC2(C3CCCC3)CC(O)=C(Cc3nc4nc(C)cc(C)n4n3)C(=O)O2)ccc1CNS(C)=O. The Labute approximate surface area is 238 Å². The smallest absolute Gasteiger partial charge is 0.338 e. The number of carbonyl (C=O) groups is 1. The fourth-order valence-corrected chi connectivity index (χ4v) is 6.66. The number of ether oxygens (including phenoxy) is 1. The molecule has 2 N–H and O–H groups in total. The number of esters is 1. The lowest BCUT2D eigenvalue weighted by Crippen LogP contribution is -2.46. The third kappa shape index (κ3) is 5.98. The summed E-state index contributed by atoms with van der Waals surface area (Å²) in [5, 5.41) is 15.8. The summed E-state index contributed by atoms with van der Waals surface area (Å²) in [5.74, 6) is 0.747. The Balaban J connectivity index is 1.37. The number of aliphatic hydroxyl groups is 1. The highest BCUT2D eigenvalue weighted by Crippen LogP contribution is 2.46. The van der Waals surface area contributed by atoms with Crippen LogP contribution in [0.25, 0.3) is 5.78 Å². The number of aryl methyl sites for hydroxylation is 4. The van der Waals surface area contributed by atoms with E-state index in [9.17, 15) is 14.1 Å². The van der Waals surface area contributed by atoms with Crippen molar-refractivity contribution in [3.8, 4) is 0 Å². The van der Waals surface area contributed by atoms with Crippen LogP contribution in [0.1, 0.15) is 79.4 Å². The zero-order chi connectivity index (χ0) is 28.4. The summed E-state index contributed by atoms with van der Waals surface area (Å²) in [6.07, 6.45) is 8.52. The van der Waals surface area contributed by atoms with Gasteiger partial charge in [0.15, 0.2) is 5.82 Å². The molecule has 1 aliphatic carbocycles. The number of nitrogens with zero attached hydrogens (tertiary/aromatic N) is 4. The van der Waals surface area contributed by atoms with Gasteiger partial charge in [-0.2, -0.15) is 4.98 Å². The first-order valence-corrected chi connectivity index (χ1v) is 15.7. The molecule has 0 spiro atoms. The first-order chi connectivity index (χ1) is 19.2. The molecule has 1 saturated carbocycles. The molecule has 1 aliphatic heterocycles. The van der Waals surface area contributed by atoms with Gasteiger partial charge in [-0.1, -0.05) is 38.0 Å². The van der Waals surface area contributed by atoms with Crippen molar-refractivity contribution < 1.29 is 18.8 Å². The van der Waals surface area contributed by atoms with Crippen molar-refractivity contribution in [2.75, 3.05) is 6.26 Å². The topological polar surface area (TPSA) is 119 Å². The summed E-state index contributed by atoms with van der Waals surface area (Å²) in [4.78, 5) is 22.4. The number of carbonyl (C=O) groups excluding carboxylic acids is 1. The van der Waals surface area contributed by atoms with Crippen molar-refractivity contribution in [1.29, 1.82) is 0 Å². The summed E-state index contributed by atoms with van der Waals surface area (Å²) in [6, 6.07) is 8.33. The molecule has 214 valence electrons. The summed E-state index contributed by atoms with van der Waals surface area (Å²) >= 11 is 0. The minimum absolute atomic E-state index is 0.0890. The molecule has 9 nitrogen and oxygen atoms in total. The molecular formula is C30H39N5O4S. The third-order valence-corrected chi connectivity index (χ3v) is 8.96. The van der Waals surface area contributed by atoms with E-state index < -0.39 is 22.6 Å². The predicted molar refractivity (Wildman–Crippen MR) is 154 cm³/mol. The van der Waals surface area contributed by atoms with Crippen LogP contribution in [0.15, 0.2) is 35.6 Å². The summed E-state index contributed by atoms with van der Waals surface area (Å²) < 4.78 is 22.5. The van der Waals surface area contributed by atoms with Gasteiger partial charge in [0.1, 0.15) is 11.4 Å². The van der Waals surface area contributed by atoms with E-state index in [1.807, 2.05) is 19.9 Å². The zero-order valence-electron chi connectivity index (χ0n) is 23.8. The van der Waals surface area contributed by atoms with Crippen LogP contribution in [0.5, 0.6) is 0 Å². The van der Waals surface area contributed by atoms with Gasteiger partial charge >= 0.3 is 5.97 Å². The molecule has 3 heterocycles. The van der Waals surface area contributed by atoms with Crippen LogP contribution in [0.2, 0.25) is 0 Å². The highest BCUT2D eigenvalue weighted by Gasteiger charge is 2.48. The number of hydrogen-bond acceptors (Lipinski definition) is 7. The quantitative estimate of drug-likeness (QED) is 0.346. The third-order valence-electron chi connectivity index (χ3n) is 8.41. The van der Waals surface area contributed by atoms with Gasteiger partial charge in [0, 0.05) is 37.0 Å². The molecule has 0 radical (unpaired) electrons. The van der Waals surface area contributed by atoms with Gasteiger partial charge in [-0.3, -0.25) is 0 Å². The number of hydrogen-bond donors (Lipinski definition) is 2. The van der Waals surface area contributed by atoms with Crippen LogP contribution in [0.4, 0.5) is 0 Å². The number of aliphatic hydroxyl groups excluding tert-OH is 1. The molecule has 2 aliphatic rings. The first kappa shape index (κ1) is 28.4. The van der Waals surface area contributed by atoms with Gasteiger partial charge in [0.25, 0.3) is 5.78 Å². The molecule has 40 heavy (non-hydrogen) atoms. The van der Waals surface area contributed by atoms with Crippen LogP contribution < -0.4 is 4.72 Å². The monoisotopic (exact) mass is 565 g/mol. The van der Waals surface area contributed by atoms with E-state index in [1.54, 1.807) is 10.8 Å². The maximum atomic E-state index is 13.5. The van der Waals surface area contributed by atoms with Gasteiger partial charge in [0.05, 0.1) is 16.6 Å². The fourth-order valence-electron chi connectivity index (χ4n) is 6.30. The van der Waals surface area contributed by atoms with Crippen LogP contribution in [0.3, 0.4) is 0 Å². The fraction of sp³-hybridized carbons (Fsp3) is 0.533. The largest absolute Gasteiger partial charge is 0.512 e. The molecule has 0 amide bonds. The number of aromatic nitrogens is 4. The molecule has 2 unspecified atom stereocenters. The molecule has 5 rings (SSSR count).